The van der Waals surface area contributed by atoms with Crippen molar-refractivity contribution in [3.8, 4) is 5.75 Å². The van der Waals surface area contributed by atoms with Gasteiger partial charge < -0.3 is 16.2 Å². The normalized spacial score (nSPS) is 10.2. The van der Waals surface area contributed by atoms with E-state index in [1.54, 1.807) is 48.5 Å². The first-order valence-electron chi connectivity index (χ1n) is 8.83. The molecule has 3 aromatic carbocycles. The van der Waals surface area contributed by atoms with Crippen LogP contribution in [0.2, 0.25) is 0 Å². The predicted octanol–water partition coefficient (Wildman–Crippen LogP) is 3.13. The molecule has 0 aromatic heterocycles. The zero-order valence-corrected chi connectivity index (χ0v) is 15.6. The number of anilines is 2. The number of benzene rings is 3. The van der Waals surface area contributed by atoms with Gasteiger partial charge in [-0.05, 0) is 54.1 Å². The molecule has 29 heavy (non-hydrogen) atoms. The second kappa shape index (κ2) is 8.71. The molecule has 0 radical (unpaired) electrons. The van der Waals surface area contributed by atoms with Crippen LogP contribution in [0.1, 0.15) is 16.7 Å². The molecule has 0 fully saturated rings. The van der Waals surface area contributed by atoms with E-state index < -0.39 is 0 Å². The predicted molar refractivity (Wildman–Crippen MR) is 114 cm³/mol. The lowest BCUT2D eigenvalue weighted by Crippen LogP contribution is -2.15. The molecule has 6 N–H and O–H groups in total. The standard InChI is InChI=1S/C22H21N5O2/c23-21(24)16-7-9-18(10-8-16)27(14-28)19-5-1-3-15(11-19)13-29-20-6-2-4-17(12-20)22(25)26/h1-12,14H,13H2,(H3,23,24)(H3,25,26). The number of ether oxygens (including phenoxy) is 1. The largest absolute Gasteiger partial charge is 0.489 e. The minimum Gasteiger partial charge on any atom is -0.489 e. The Kier molecular flexibility index (Phi) is 5.89. The molecule has 0 aliphatic carbocycles. The van der Waals surface area contributed by atoms with Crippen molar-refractivity contribution >= 4 is 29.5 Å². The first kappa shape index (κ1) is 19.6. The molecule has 0 aliphatic rings. The summed E-state index contributed by atoms with van der Waals surface area (Å²) in [5.74, 6) is 0.562. The van der Waals surface area contributed by atoms with Crippen LogP contribution in [0.3, 0.4) is 0 Å². The number of hydrogen-bond acceptors (Lipinski definition) is 4. The van der Waals surface area contributed by atoms with Crippen molar-refractivity contribution in [2.24, 2.45) is 11.5 Å². The van der Waals surface area contributed by atoms with E-state index in [4.69, 9.17) is 27.0 Å². The second-order valence-corrected chi connectivity index (χ2v) is 6.34. The van der Waals surface area contributed by atoms with E-state index >= 15 is 0 Å². The lowest BCUT2D eigenvalue weighted by atomic mass is 10.1. The lowest BCUT2D eigenvalue weighted by molar-refractivity contribution is -0.106. The third kappa shape index (κ3) is 4.78. The summed E-state index contributed by atoms with van der Waals surface area (Å²) in [6, 6.07) is 21.3. The van der Waals surface area contributed by atoms with Gasteiger partial charge >= 0.3 is 0 Å². The summed E-state index contributed by atoms with van der Waals surface area (Å²) in [4.78, 5) is 13.2. The highest BCUT2D eigenvalue weighted by molar-refractivity contribution is 5.96. The highest BCUT2D eigenvalue weighted by Crippen LogP contribution is 2.25. The fraction of sp³-hybridized carbons (Fsp3) is 0.0455. The number of rotatable bonds is 8. The van der Waals surface area contributed by atoms with Gasteiger partial charge in [-0.1, -0.05) is 24.3 Å². The highest BCUT2D eigenvalue weighted by atomic mass is 16.5. The summed E-state index contributed by atoms with van der Waals surface area (Å²) in [7, 11) is 0. The van der Waals surface area contributed by atoms with Crippen LogP contribution in [0, 0.1) is 10.8 Å². The number of amides is 1. The zero-order chi connectivity index (χ0) is 20.8. The van der Waals surface area contributed by atoms with E-state index in [0.29, 0.717) is 34.9 Å². The van der Waals surface area contributed by atoms with Crippen LogP contribution >= 0.6 is 0 Å². The molecule has 7 heteroatoms. The van der Waals surface area contributed by atoms with E-state index in [2.05, 4.69) is 0 Å². The summed E-state index contributed by atoms with van der Waals surface area (Å²) in [5, 5.41) is 15.0. The summed E-state index contributed by atoms with van der Waals surface area (Å²) in [6.07, 6.45) is 0.735. The SMILES string of the molecule is N=C(N)c1ccc(N(C=O)c2cccc(COc3cccc(C(=N)N)c3)c2)cc1. The van der Waals surface area contributed by atoms with Crippen LogP contribution in [0.15, 0.2) is 72.8 Å². The van der Waals surface area contributed by atoms with Gasteiger partial charge in [0.2, 0.25) is 6.41 Å². The molecular formula is C22H21N5O2. The van der Waals surface area contributed by atoms with Crippen molar-refractivity contribution in [3.05, 3.63) is 89.5 Å². The Labute approximate surface area is 168 Å². The average Bonchev–Trinajstić information content (AvgIpc) is 2.74. The Morgan fingerprint density at radius 3 is 2.21 bits per heavy atom. The third-order valence-electron chi connectivity index (χ3n) is 4.30. The van der Waals surface area contributed by atoms with E-state index in [1.165, 1.54) is 4.90 Å². The fourth-order valence-electron chi connectivity index (χ4n) is 2.79. The quantitative estimate of drug-likeness (QED) is 0.269. The molecule has 0 aliphatic heterocycles. The summed E-state index contributed by atoms with van der Waals surface area (Å²) in [5.41, 5.74) is 14.4. The van der Waals surface area contributed by atoms with Crippen molar-refractivity contribution in [3.63, 3.8) is 0 Å². The molecule has 3 aromatic rings. The second-order valence-electron chi connectivity index (χ2n) is 6.34. The van der Waals surface area contributed by atoms with Crippen LogP contribution in [0.5, 0.6) is 5.75 Å². The van der Waals surface area contributed by atoms with E-state index in [0.717, 1.165) is 12.0 Å². The Bertz CT molecular complexity index is 1050. The molecule has 0 heterocycles. The number of amidine groups is 2. The van der Waals surface area contributed by atoms with Gasteiger partial charge in [-0.15, -0.1) is 0 Å². The Morgan fingerprint density at radius 2 is 1.55 bits per heavy atom. The van der Waals surface area contributed by atoms with Gasteiger partial charge in [-0.3, -0.25) is 20.5 Å². The molecule has 0 unspecified atom stereocenters. The third-order valence-corrected chi connectivity index (χ3v) is 4.30. The zero-order valence-electron chi connectivity index (χ0n) is 15.6. The van der Waals surface area contributed by atoms with Crippen molar-refractivity contribution < 1.29 is 9.53 Å². The Balaban J connectivity index is 1.77. The van der Waals surface area contributed by atoms with Gasteiger partial charge in [0.05, 0.1) is 0 Å². The maximum atomic E-state index is 11.7. The van der Waals surface area contributed by atoms with E-state index in [-0.39, 0.29) is 11.7 Å². The highest BCUT2D eigenvalue weighted by Gasteiger charge is 2.10. The summed E-state index contributed by atoms with van der Waals surface area (Å²) >= 11 is 0. The Hall–Kier alpha value is -4.13. The van der Waals surface area contributed by atoms with Crippen molar-refractivity contribution in [1.29, 1.82) is 10.8 Å². The molecule has 0 bridgehead atoms. The number of carbonyl (C=O) groups excluding carboxylic acids is 1. The van der Waals surface area contributed by atoms with Crippen LogP contribution in [-0.2, 0) is 11.4 Å². The average molecular weight is 387 g/mol. The minimum atomic E-state index is -0.0257. The Morgan fingerprint density at radius 1 is 0.862 bits per heavy atom. The lowest BCUT2D eigenvalue weighted by Gasteiger charge is -2.19. The van der Waals surface area contributed by atoms with Gasteiger partial charge in [0.1, 0.15) is 24.0 Å². The number of nitrogens with two attached hydrogens (primary N) is 2. The first-order chi connectivity index (χ1) is 14.0. The molecule has 146 valence electrons. The topological polar surface area (TPSA) is 129 Å². The van der Waals surface area contributed by atoms with E-state index in [1.807, 2.05) is 24.3 Å². The minimum absolute atomic E-state index is 0.0186. The van der Waals surface area contributed by atoms with Crippen molar-refractivity contribution in [1.82, 2.24) is 0 Å². The smallest absolute Gasteiger partial charge is 0.218 e. The van der Waals surface area contributed by atoms with Crippen LogP contribution in [0.25, 0.3) is 0 Å². The monoisotopic (exact) mass is 387 g/mol. The van der Waals surface area contributed by atoms with Gasteiger partial charge in [-0.25, -0.2) is 0 Å². The van der Waals surface area contributed by atoms with E-state index in [9.17, 15) is 4.79 Å². The van der Waals surface area contributed by atoms with Gasteiger partial charge in [0.15, 0.2) is 0 Å². The molecular weight excluding hydrogens is 366 g/mol. The molecule has 3 rings (SSSR count). The van der Waals surface area contributed by atoms with Gasteiger partial charge in [0.25, 0.3) is 0 Å². The van der Waals surface area contributed by atoms with Gasteiger partial charge in [-0.2, -0.15) is 0 Å². The summed E-state index contributed by atoms with van der Waals surface area (Å²) < 4.78 is 5.80. The van der Waals surface area contributed by atoms with Crippen molar-refractivity contribution in [2.45, 2.75) is 6.61 Å². The molecule has 0 atom stereocenters. The number of hydrogen-bond donors (Lipinski definition) is 4. The number of nitrogens with one attached hydrogen (secondary N) is 2. The van der Waals surface area contributed by atoms with Crippen LogP contribution in [-0.4, -0.2) is 18.1 Å². The van der Waals surface area contributed by atoms with Crippen LogP contribution < -0.4 is 21.1 Å². The van der Waals surface area contributed by atoms with Crippen LogP contribution in [0.4, 0.5) is 11.4 Å². The van der Waals surface area contributed by atoms with Gasteiger partial charge in [0, 0.05) is 22.5 Å². The fourth-order valence-corrected chi connectivity index (χ4v) is 2.79. The maximum Gasteiger partial charge on any atom is 0.218 e. The number of nitrogen functional groups attached to an aromatic ring is 2. The van der Waals surface area contributed by atoms with Crippen molar-refractivity contribution in [2.75, 3.05) is 4.90 Å². The maximum absolute atomic E-state index is 11.7. The molecule has 0 spiro atoms. The molecule has 0 saturated heterocycles. The molecule has 1 amide bonds. The number of carbonyl (C=O) groups is 1. The number of nitrogens with zero attached hydrogens (tertiary/aromatic N) is 1. The molecule has 0 saturated carbocycles. The first-order valence-corrected chi connectivity index (χ1v) is 8.83. The molecule has 7 nitrogen and oxygen atoms in total. The summed E-state index contributed by atoms with van der Waals surface area (Å²) in [6.45, 7) is 0.297.